The SMILES string of the molecule is Cc1ccc(Oc2c(Cl)cc(C(F)(F)F)cc2Cl)cc1. The molecule has 0 heterocycles. The Balaban J connectivity index is 2.36. The number of hydrogen-bond acceptors (Lipinski definition) is 1. The molecule has 0 atom stereocenters. The fourth-order valence-electron chi connectivity index (χ4n) is 1.55. The number of ether oxygens (including phenoxy) is 1. The summed E-state index contributed by atoms with van der Waals surface area (Å²) < 4.78 is 43.2. The van der Waals surface area contributed by atoms with Crippen LogP contribution in [0.1, 0.15) is 11.1 Å². The van der Waals surface area contributed by atoms with Crippen molar-refractivity contribution in [1.29, 1.82) is 0 Å². The number of halogens is 5. The fourth-order valence-corrected chi connectivity index (χ4v) is 2.11. The summed E-state index contributed by atoms with van der Waals surface area (Å²) in [7, 11) is 0. The zero-order valence-electron chi connectivity index (χ0n) is 10.3. The van der Waals surface area contributed by atoms with Gasteiger partial charge in [-0.25, -0.2) is 0 Å². The third-order valence-electron chi connectivity index (χ3n) is 2.57. The Labute approximate surface area is 123 Å². The van der Waals surface area contributed by atoms with Crippen molar-refractivity contribution in [3.05, 3.63) is 57.6 Å². The van der Waals surface area contributed by atoms with E-state index < -0.39 is 11.7 Å². The maximum atomic E-state index is 12.6. The van der Waals surface area contributed by atoms with E-state index in [0.717, 1.165) is 17.7 Å². The molecular formula is C14H9Cl2F3O. The summed E-state index contributed by atoms with van der Waals surface area (Å²) in [6.07, 6.45) is -4.50. The van der Waals surface area contributed by atoms with Crippen molar-refractivity contribution in [3.63, 3.8) is 0 Å². The average molecular weight is 321 g/mol. The van der Waals surface area contributed by atoms with Gasteiger partial charge < -0.3 is 4.74 Å². The molecule has 2 aromatic rings. The highest BCUT2D eigenvalue weighted by Gasteiger charge is 2.32. The highest BCUT2D eigenvalue weighted by Crippen LogP contribution is 2.41. The molecule has 1 nitrogen and oxygen atoms in total. The number of alkyl halides is 3. The normalized spacial score (nSPS) is 11.5. The Hall–Kier alpha value is -1.39. The van der Waals surface area contributed by atoms with Crippen molar-refractivity contribution in [3.8, 4) is 11.5 Å². The van der Waals surface area contributed by atoms with E-state index in [0.29, 0.717) is 5.75 Å². The van der Waals surface area contributed by atoms with E-state index in [-0.39, 0.29) is 15.8 Å². The molecule has 0 spiro atoms. The standard InChI is InChI=1S/C14H9Cl2F3O/c1-8-2-4-10(5-3-8)20-13-11(15)6-9(7-12(13)16)14(17,18)19/h2-7H,1H3. The van der Waals surface area contributed by atoms with Crippen LogP contribution in [-0.2, 0) is 6.18 Å². The second-order valence-electron chi connectivity index (χ2n) is 4.18. The second kappa shape index (κ2) is 5.54. The van der Waals surface area contributed by atoms with Crippen LogP contribution in [0.5, 0.6) is 11.5 Å². The van der Waals surface area contributed by atoms with Gasteiger partial charge in [-0.1, -0.05) is 40.9 Å². The van der Waals surface area contributed by atoms with Crippen molar-refractivity contribution < 1.29 is 17.9 Å². The summed E-state index contributed by atoms with van der Waals surface area (Å²) in [6, 6.07) is 8.55. The number of aryl methyl sites for hydroxylation is 1. The predicted octanol–water partition coefficient (Wildman–Crippen LogP) is 6.11. The molecule has 0 bridgehead atoms. The van der Waals surface area contributed by atoms with Crippen molar-refractivity contribution >= 4 is 23.2 Å². The maximum Gasteiger partial charge on any atom is 0.416 e. The van der Waals surface area contributed by atoms with Gasteiger partial charge in [0, 0.05) is 0 Å². The summed E-state index contributed by atoms with van der Waals surface area (Å²) in [4.78, 5) is 0. The molecule has 0 saturated carbocycles. The first kappa shape index (κ1) is 15.0. The Kier molecular flexibility index (Phi) is 4.16. The first-order chi connectivity index (χ1) is 9.27. The molecule has 0 aromatic heterocycles. The van der Waals surface area contributed by atoms with Gasteiger partial charge in [0.15, 0.2) is 5.75 Å². The van der Waals surface area contributed by atoms with Crippen molar-refractivity contribution in [2.75, 3.05) is 0 Å². The van der Waals surface area contributed by atoms with Crippen molar-refractivity contribution in [2.45, 2.75) is 13.1 Å². The first-order valence-corrected chi connectivity index (χ1v) is 6.34. The molecule has 106 valence electrons. The van der Waals surface area contributed by atoms with E-state index in [1.807, 2.05) is 6.92 Å². The van der Waals surface area contributed by atoms with Gasteiger partial charge in [-0.15, -0.1) is 0 Å². The summed E-state index contributed by atoms with van der Waals surface area (Å²) in [5.74, 6) is 0.448. The van der Waals surface area contributed by atoms with E-state index in [9.17, 15) is 13.2 Å². The molecule has 0 saturated heterocycles. The van der Waals surface area contributed by atoms with Crippen LogP contribution in [0, 0.1) is 6.92 Å². The molecule has 0 amide bonds. The van der Waals surface area contributed by atoms with Crippen LogP contribution in [0.4, 0.5) is 13.2 Å². The molecule has 0 fully saturated rings. The molecule has 0 unspecified atom stereocenters. The van der Waals surface area contributed by atoms with Gasteiger partial charge >= 0.3 is 6.18 Å². The van der Waals surface area contributed by atoms with E-state index in [1.165, 1.54) is 0 Å². The predicted molar refractivity (Wildman–Crippen MR) is 72.7 cm³/mol. The Bertz CT molecular complexity index is 598. The number of rotatable bonds is 2. The fraction of sp³-hybridized carbons (Fsp3) is 0.143. The minimum absolute atomic E-state index is 0.00480. The van der Waals surface area contributed by atoms with E-state index in [1.54, 1.807) is 24.3 Å². The molecular weight excluding hydrogens is 312 g/mol. The van der Waals surface area contributed by atoms with E-state index in [2.05, 4.69) is 0 Å². The number of hydrogen-bond donors (Lipinski definition) is 0. The second-order valence-corrected chi connectivity index (χ2v) is 5.00. The topological polar surface area (TPSA) is 9.23 Å². The van der Waals surface area contributed by atoms with Crippen molar-refractivity contribution in [2.24, 2.45) is 0 Å². The lowest BCUT2D eigenvalue weighted by Crippen LogP contribution is -2.05. The van der Waals surface area contributed by atoms with Crippen LogP contribution < -0.4 is 4.74 Å². The van der Waals surface area contributed by atoms with Gasteiger partial charge in [0.05, 0.1) is 15.6 Å². The molecule has 0 aliphatic carbocycles. The van der Waals surface area contributed by atoms with Gasteiger partial charge in [0.2, 0.25) is 0 Å². The minimum atomic E-state index is -4.50. The Morgan fingerprint density at radius 2 is 1.45 bits per heavy atom. The summed E-state index contributed by atoms with van der Waals surface area (Å²) >= 11 is 11.6. The molecule has 0 radical (unpaired) electrons. The van der Waals surface area contributed by atoms with Gasteiger partial charge in [-0.3, -0.25) is 0 Å². The van der Waals surface area contributed by atoms with Crippen LogP contribution in [0.15, 0.2) is 36.4 Å². The van der Waals surface area contributed by atoms with Crippen LogP contribution in [0.25, 0.3) is 0 Å². The minimum Gasteiger partial charge on any atom is -0.454 e. The highest BCUT2D eigenvalue weighted by atomic mass is 35.5. The summed E-state index contributed by atoms with van der Waals surface area (Å²) in [5, 5.41) is -0.379. The zero-order chi connectivity index (χ0) is 14.9. The monoisotopic (exact) mass is 320 g/mol. The molecule has 2 aromatic carbocycles. The van der Waals surface area contributed by atoms with Crippen LogP contribution in [0.3, 0.4) is 0 Å². The lowest BCUT2D eigenvalue weighted by Gasteiger charge is -2.13. The maximum absolute atomic E-state index is 12.6. The van der Waals surface area contributed by atoms with Gasteiger partial charge in [0.25, 0.3) is 0 Å². The lowest BCUT2D eigenvalue weighted by atomic mass is 10.2. The summed E-state index contributed by atoms with van der Waals surface area (Å²) in [6.45, 7) is 1.90. The summed E-state index contributed by atoms with van der Waals surface area (Å²) in [5.41, 5.74) is 0.116. The van der Waals surface area contributed by atoms with Crippen LogP contribution >= 0.6 is 23.2 Å². The molecule has 0 aliphatic rings. The highest BCUT2D eigenvalue weighted by molar-refractivity contribution is 6.37. The Morgan fingerprint density at radius 1 is 0.950 bits per heavy atom. The number of benzene rings is 2. The van der Waals surface area contributed by atoms with Gasteiger partial charge in [-0.05, 0) is 31.2 Å². The van der Waals surface area contributed by atoms with Gasteiger partial charge in [-0.2, -0.15) is 13.2 Å². The van der Waals surface area contributed by atoms with Crippen LogP contribution in [0.2, 0.25) is 10.0 Å². The quantitative estimate of drug-likeness (QED) is 0.648. The third-order valence-corrected chi connectivity index (χ3v) is 3.13. The van der Waals surface area contributed by atoms with Crippen LogP contribution in [-0.4, -0.2) is 0 Å². The Morgan fingerprint density at radius 3 is 1.90 bits per heavy atom. The third kappa shape index (κ3) is 3.38. The molecule has 0 N–H and O–H groups in total. The molecule has 6 heteroatoms. The van der Waals surface area contributed by atoms with Crippen molar-refractivity contribution in [1.82, 2.24) is 0 Å². The molecule has 20 heavy (non-hydrogen) atoms. The molecule has 0 aliphatic heterocycles. The first-order valence-electron chi connectivity index (χ1n) is 5.58. The average Bonchev–Trinajstić information content (AvgIpc) is 2.34. The zero-order valence-corrected chi connectivity index (χ0v) is 11.8. The lowest BCUT2D eigenvalue weighted by molar-refractivity contribution is -0.137. The largest absolute Gasteiger partial charge is 0.454 e. The van der Waals surface area contributed by atoms with E-state index in [4.69, 9.17) is 27.9 Å². The smallest absolute Gasteiger partial charge is 0.416 e. The van der Waals surface area contributed by atoms with E-state index >= 15 is 0 Å². The van der Waals surface area contributed by atoms with Gasteiger partial charge in [0.1, 0.15) is 5.75 Å². The molecule has 2 rings (SSSR count).